The Labute approximate surface area is 121 Å². The third-order valence-corrected chi connectivity index (χ3v) is 4.31. The van der Waals surface area contributed by atoms with E-state index in [0.29, 0.717) is 24.3 Å². The first kappa shape index (κ1) is 15.4. The summed E-state index contributed by atoms with van der Waals surface area (Å²) in [5.41, 5.74) is -0.710. The maximum atomic E-state index is 12.9. The minimum Gasteiger partial charge on any atom is -0.369 e. The topological polar surface area (TPSA) is 24.9 Å². The molecule has 0 spiro atoms. The van der Waals surface area contributed by atoms with Crippen LogP contribution in [0.25, 0.3) is 0 Å². The number of aromatic nitrogens is 1. The van der Waals surface area contributed by atoms with Gasteiger partial charge in [0.2, 0.25) is 0 Å². The van der Waals surface area contributed by atoms with E-state index < -0.39 is 11.7 Å². The molecule has 6 heteroatoms. The largest absolute Gasteiger partial charge is 0.419 e. The summed E-state index contributed by atoms with van der Waals surface area (Å²) < 4.78 is 38.6. The summed E-state index contributed by atoms with van der Waals surface area (Å²) >= 11 is 5.94. The van der Waals surface area contributed by atoms with Gasteiger partial charge in [-0.3, -0.25) is 0 Å². The van der Waals surface area contributed by atoms with Crippen LogP contribution in [0.5, 0.6) is 0 Å². The fourth-order valence-corrected chi connectivity index (χ4v) is 3.17. The van der Waals surface area contributed by atoms with E-state index in [2.05, 4.69) is 10.3 Å². The van der Waals surface area contributed by atoms with Crippen molar-refractivity contribution in [2.24, 2.45) is 11.8 Å². The lowest BCUT2D eigenvalue weighted by Gasteiger charge is -2.30. The molecule has 1 aliphatic rings. The molecule has 0 aromatic carbocycles. The van der Waals surface area contributed by atoms with Crippen LogP contribution in [0.4, 0.5) is 19.0 Å². The fourth-order valence-electron chi connectivity index (χ4n) is 2.76. The number of pyridine rings is 1. The standard InChI is InChI=1S/C14H18ClF3N2/c15-8-10-4-1-2-5-11(10)9-20-13-12(14(16,17)18)6-3-7-19-13/h3,6-7,10-11H,1-2,4-5,8-9H2,(H,19,20). The van der Waals surface area contributed by atoms with Crippen LogP contribution in [0.3, 0.4) is 0 Å². The molecule has 1 fully saturated rings. The van der Waals surface area contributed by atoms with Crippen LogP contribution in [0.2, 0.25) is 0 Å². The highest BCUT2D eigenvalue weighted by atomic mass is 35.5. The highest BCUT2D eigenvalue weighted by Gasteiger charge is 2.34. The van der Waals surface area contributed by atoms with Crippen molar-refractivity contribution in [3.8, 4) is 0 Å². The molecule has 1 saturated carbocycles. The van der Waals surface area contributed by atoms with E-state index in [1.165, 1.54) is 12.3 Å². The summed E-state index contributed by atoms with van der Waals surface area (Å²) in [5.74, 6) is 1.19. The molecule has 1 heterocycles. The van der Waals surface area contributed by atoms with Gasteiger partial charge in [-0.05, 0) is 36.8 Å². The fraction of sp³-hybridized carbons (Fsp3) is 0.643. The molecule has 0 radical (unpaired) electrons. The van der Waals surface area contributed by atoms with Gasteiger partial charge in [0.25, 0.3) is 0 Å². The molecule has 1 N–H and O–H groups in total. The average Bonchev–Trinajstić information content (AvgIpc) is 2.44. The first-order chi connectivity index (χ1) is 9.52. The van der Waals surface area contributed by atoms with Crippen molar-refractivity contribution in [3.05, 3.63) is 23.9 Å². The number of nitrogens with zero attached hydrogens (tertiary/aromatic N) is 1. The van der Waals surface area contributed by atoms with E-state index in [4.69, 9.17) is 11.6 Å². The Kier molecular flexibility index (Phi) is 5.13. The van der Waals surface area contributed by atoms with Gasteiger partial charge >= 0.3 is 6.18 Å². The number of rotatable bonds is 4. The van der Waals surface area contributed by atoms with Gasteiger partial charge < -0.3 is 5.32 Å². The molecular weight excluding hydrogens is 289 g/mol. The zero-order valence-corrected chi connectivity index (χ0v) is 11.8. The Balaban J connectivity index is 2.03. The number of halogens is 4. The van der Waals surface area contributed by atoms with Crippen molar-refractivity contribution in [1.82, 2.24) is 4.98 Å². The Morgan fingerprint density at radius 1 is 1.25 bits per heavy atom. The Bertz CT molecular complexity index is 437. The number of hydrogen-bond acceptors (Lipinski definition) is 2. The summed E-state index contributed by atoms with van der Waals surface area (Å²) in [6, 6.07) is 2.35. The highest BCUT2D eigenvalue weighted by Crippen LogP contribution is 2.35. The van der Waals surface area contributed by atoms with Crippen LogP contribution < -0.4 is 5.32 Å². The summed E-state index contributed by atoms with van der Waals surface area (Å²) in [7, 11) is 0. The van der Waals surface area contributed by atoms with Crippen LogP contribution in [0.1, 0.15) is 31.2 Å². The summed E-state index contributed by atoms with van der Waals surface area (Å²) in [5, 5.41) is 2.86. The number of anilines is 1. The highest BCUT2D eigenvalue weighted by molar-refractivity contribution is 6.18. The van der Waals surface area contributed by atoms with Crippen LogP contribution in [0, 0.1) is 11.8 Å². The molecule has 2 rings (SSSR count). The Hall–Kier alpha value is -0.970. The van der Waals surface area contributed by atoms with Crippen molar-refractivity contribution in [1.29, 1.82) is 0 Å². The quantitative estimate of drug-likeness (QED) is 0.825. The molecular formula is C14H18ClF3N2. The second-order valence-electron chi connectivity index (χ2n) is 5.24. The van der Waals surface area contributed by atoms with Gasteiger partial charge in [-0.1, -0.05) is 12.8 Å². The predicted molar refractivity (Wildman–Crippen MR) is 73.9 cm³/mol. The Morgan fingerprint density at radius 3 is 2.60 bits per heavy atom. The van der Waals surface area contributed by atoms with Gasteiger partial charge in [0, 0.05) is 18.6 Å². The SMILES string of the molecule is FC(F)(F)c1cccnc1NCC1CCCCC1CCl. The summed E-state index contributed by atoms with van der Waals surface area (Å²) in [6.07, 6.45) is 1.34. The molecule has 2 unspecified atom stereocenters. The van der Waals surface area contributed by atoms with Gasteiger partial charge in [0.1, 0.15) is 5.82 Å². The van der Waals surface area contributed by atoms with Crippen LogP contribution in [0.15, 0.2) is 18.3 Å². The molecule has 0 bridgehead atoms. The van der Waals surface area contributed by atoms with Crippen LogP contribution >= 0.6 is 11.6 Å². The molecule has 0 aliphatic heterocycles. The minimum atomic E-state index is -4.38. The average molecular weight is 307 g/mol. The van der Waals surface area contributed by atoms with E-state index >= 15 is 0 Å². The van der Waals surface area contributed by atoms with Gasteiger partial charge in [0.05, 0.1) is 5.56 Å². The maximum absolute atomic E-state index is 12.9. The van der Waals surface area contributed by atoms with E-state index in [0.717, 1.165) is 31.7 Å². The lowest BCUT2D eigenvalue weighted by molar-refractivity contribution is -0.137. The predicted octanol–water partition coefficient (Wildman–Crippen LogP) is 4.56. The number of nitrogens with one attached hydrogen (secondary N) is 1. The van der Waals surface area contributed by atoms with Gasteiger partial charge in [-0.15, -0.1) is 11.6 Å². The zero-order valence-electron chi connectivity index (χ0n) is 11.1. The monoisotopic (exact) mass is 306 g/mol. The van der Waals surface area contributed by atoms with Crippen molar-refractivity contribution in [2.75, 3.05) is 17.7 Å². The first-order valence-electron chi connectivity index (χ1n) is 6.84. The first-order valence-corrected chi connectivity index (χ1v) is 7.38. The maximum Gasteiger partial charge on any atom is 0.419 e. The normalized spacial score (nSPS) is 23.6. The van der Waals surface area contributed by atoms with Gasteiger partial charge in [0.15, 0.2) is 0 Å². The van der Waals surface area contributed by atoms with E-state index in [1.54, 1.807) is 0 Å². The number of hydrogen-bond donors (Lipinski definition) is 1. The van der Waals surface area contributed by atoms with Crippen LogP contribution in [-0.2, 0) is 6.18 Å². The lowest BCUT2D eigenvalue weighted by Crippen LogP contribution is -2.28. The molecule has 1 aromatic rings. The smallest absolute Gasteiger partial charge is 0.369 e. The van der Waals surface area contributed by atoms with Crippen molar-refractivity contribution in [2.45, 2.75) is 31.9 Å². The van der Waals surface area contributed by atoms with Crippen molar-refractivity contribution >= 4 is 17.4 Å². The molecule has 1 aromatic heterocycles. The molecule has 1 aliphatic carbocycles. The third-order valence-electron chi connectivity index (χ3n) is 3.91. The zero-order chi connectivity index (χ0) is 14.6. The molecule has 0 amide bonds. The van der Waals surface area contributed by atoms with E-state index in [1.807, 2.05) is 0 Å². The van der Waals surface area contributed by atoms with Crippen molar-refractivity contribution < 1.29 is 13.2 Å². The van der Waals surface area contributed by atoms with Gasteiger partial charge in [-0.25, -0.2) is 4.98 Å². The van der Waals surface area contributed by atoms with E-state index in [-0.39, 0.29) is 5.82 Å². The van der Waals surface area contributed by atoms with E-state index in [9.17, 15) is 13.2 Å². The third kappa shape index (κ3) is 3.78. The summed E-state index contributed by atoms with van der Waals surface area (Å²) in [4.78, 5) is 3.82. The number of alkyl halides is 4. The molecule has 0 saturated heterocycles. The van der Waals surface area contributed by atoms with Crippen molar-refractivity contribution in [3.63, 3.8) is 0 Å². The summed E-state index contributed by atoms with van der Waals surface area (Å²) in [6.45, 7) is 0.498. The van der Waals surface area contributed by atoms with Gasteiger partial charge in [-0.2, -0.15) is 13.2 Å². The second kappa shape index (κ2) is 6.66. The second-order valence-corrected chi connectivity index (χ2v) is 5.55. The molecule has 2 nitrogen and oxygen atoms in total. The lowest BCUT2D eigenvalue weighted by atomic mass is 9.80. The Morgan fingerprint density at radius 2 is 1.95 bits per heavy atom. The van der Waals surface area contributed by atoms with Crippen LogP contribution in [-0.4, -0.2) is 17.4 Å². The minimum absolute atomic E-state index is 0.0844. The molecule has 20 heavy (non-hydrogen) atoms. The molecule has 2 atom stereocenters. The molecule has 112 valence electrons.